The Morgan fingerprint density at radius 1 is 1.42 bits per heavy atom. The van der Waals surface area contributed by atoms with E-state index in [1.807, 2.05) is 11.8 Å². The Balaban J connectivity index is 1.59. The van der Waals surface area contributed by atoms with E-state index in [4.69, 9.17) is 9.73 Å². The Hall–Kier alpha value is -0.220. The number of amidine groups is 1. The second-order valence-corrected chi connectivity index (χ2v) is 7.88. The van der Waals surface area contributed by atoms with Crippen molar-refractivity contribution in [2.24, 2.45) is 10.9 Å². The van der Waals surface area contributed by atoms with Crippen LogP contribution in [0.25, 0.3) is 0 Å². The summed E-state index contributed by atoms with van der Waals surface area (Å²) in [4.78, 5) is 4.80. The molecule has 19 heavy (non-hydrogen) atoms. The number of hydrogen-bond acceptors (Lipinski definition) is 3. The van der Waals surface area contributed by atoms with E-state index in [2.05, 4.69) is 19.2 Å². The lowest BCUT2D eigenvalue weighted by molar-refractivity contribution is 0.0284. The Labute approximate surface area is 121 Å². The summed E-state index contributed by atoms with van der Waals surface area (Å²) in [7, 11) is 0. The van der Waals surface area contributed by atoms with Crippen LogP contribution in [0, 0.1) is 5.92 Å². The van der Waals surface area contributed by atoms with Gasteiger partial charge < -0.3 is 10.1 Å². The Bertz CT molecular complexity index is 365. The van der Waals surface area contributed by atoms with Crippen LogP contribution in [0.1, 0.15) is 52.4 Å². The van der Waals surface area contributed by atoms with E-state index >= 15 is 0 Å². The summed E-state index contributed by atoms with van der Waals surface area (Å²) in [5, 5.41) is 4.89. The van der Waals surface area contributed by atoms with E-state index < -0.39 is 0 Å². The van der Waals surface area contributed by atoms with E-state index in [1.165, 1.54) is 37.9 Å². The summed E-state index contributed by atoms with van der Waals surface area (Å²) in [5.74, 6) is 2.06. The van der Waals surface area contributed by atoms with Crippen LogP contribution < -0.4 is 5.32 Å². The first-order valence-corrected chi connectivity index (χ1v) is 8.67. The van der Waals surface area contributed by atoms with Gasteiger partial charge in [-0.3, -0.25) is 4.99 Å². The summed E-state index contributed by atoms with van der Waals surface area (Å²) in [6.07, 6.45) is 7.72. The summed E-state index contributed by atoms with van der Waals surface area (Å²) in [6.45, 7) is 6.30. The predicted molar refractivity (Wildman–Crippen MR) is 81.8 cm³/mol. The first-order valence-electron chi connectivity index (χ1n) is 7.69. The molecule has 0 aromatic rings. The Morgan fingerprint density at radius 3 is 3.05 bits per heavy atom. The van der Waals surface area contributed by atoms with E-state index in [0.717, 1.165) is 30.7 Å². The molecule has 2 saturated heterocycles. The number of hydrogen-bond donors (Lipinski definition) is 1. The van der Waals surface area contributed by atoms with Gasteiger partial charge in [-0.1, -0.05) is 31.5 Å². The van der Waals surface area contributed by atoms with Crippen LogP contribution >= 0.6 is 11.8 Å². The molecule has 3 nitrogen and oxygen atoms in total. The van der Waals surface area contributed by atoms with Gasteiger partial charge in [-0.2, -0.15) is 0 Å². The maximum atomic E-state index is 5.81. The molecule has 2 aliphatic heterocycles. The zero-order valence-corrected chi connectivity index (χ0v) is 13.0. The SMILES string of the molecule is CC1CCCC2(CSC(=NCC3(C)CCCO3)N2)C1. The highest BCUT2D eigenvalue weighted by molar-refractivity contribution is 8.14. The van der Waals surface area contributed by atoms with Gasteiger partial charge in [0, 0.05) is 17.9 Å². The number of thioether (sulfide) groups is 1. The van der Waals surface area contributed by atoms with Crippen LogP contribution in [-0.4, -0.2) is 35.2 Å². The number of nitrogens with one attached hydrogen (secondary N) is 1. The molecular formula is C15H26N2OS. The highest BCUT2D eigenvalue weighted by atomic mass is 32.2. The van der Waals surface area contributed by atoms with Crippen LogP contribution in [0.3, 0.4) is 0 Å². The molecule has 1 saturated carbocycles. The fourth-order valence-electron chi connectivity index (χ4n) is 3.70. The smallest absolute Gasteiger partial charge is 0.157 e. The second-order valence-electron chi connectivity index (χ2n) is 6.92. The van der Waals surface area contributed by atoms with Crippen LogP contribution in [0.15, 0.2) is 4.99 Å². The van der Waals surface area contributed by atoms with Gasteiger partial charge in [-0.05, 0) is 38.5 Å². The number of aliphatic imine (C=N–C) groups is 1. The molecule has 1 aliphatic carbocycles. The van der Waals surface area contributed by atoms with Crippen molar-refractivity contribution < 1.29 is 4.74 Å². The summed E-state index contributed by atoms with van der Waals surface area (Å²) in [6, 6.07) is 0. The maximum absolute atomic E-state index is 5.81. The second kappa shape index (κ2) is 5.28. The van der Waals surface area contributed by atoms with E-state index in [-0.39, 0.29) is 5.60 Å². The van der Waals surface area contributed by atoms with Crippen molar-refractivity contribution in [3.8, 4) is 0 Å². The molecule has 3 rings (SSSR count). The number of ether oxygens (including phenoxy) is 1. The van der Waals surface area contributed by atoms with Gasteiger partial charge in [-0.25, -0.2) is 0 Å². The zero-order valence-electron chi connectivity index (χ0n) is 12.2. The van der Waals surface area contributed by atoms with Gasteiger partial charge >= 0.3 is 0 Å². The maximum Gasteiger partial charge on any atom is 0.157 e. The van der Waals surface area contributed by atoms with Gasteiger partial charge in [0.15, 0.2) is 5.17 Å². The highest BCUT2D eigenvalue weighted by Crippen LogP contribution is 2.39. The van der Waals surface area contributed by atoms with Crippen LogP contribution in [0.5, 0.6) is 0 Å². The molecule has 3 aliphatic rings. The molecule has 0 aromatic heterocycles. The monoisotopic (exact) mass is 282 g/mol. The summed E-state index contributed by atoms with van der Waals surface area (Å²) >= 11 is 1.92. The average molecular weight is 282 g/mol. The third-order valence-corrected chi connectivity index (χ3v) is 6.01. The number of nitrogens with zero attached hydrogens (tertiary/aromatic N) is 1. The molecule has 108 valence electrons. The third kappa shape index (κ3) is 3.10. The molecule has 0 amide bonds. The molecule has 1 spiro atoms. The van der Waals surface area contributed by atoms with Crippen molar-refractivity contribution in [1.29, 1.82) is 0 Å². The van der Waals surface area contributed by atoms with E-state index in [9.17, 15) is 0 Å². The van der Waals surface area contributed by atoms with Crippen molar-refractivity contribution in [2.75, 3.05) is 18.9 Å². The molecule has 0 radical (unpaired) electrons. The fraction of sp³-hybridized carbons (Fsp3) is 0.933. The van der Waals surface area contributed by atoms with Gasteiger partial charge in [-0.15, -0.1) is 0 Å². The van der Waals surface area contributed by atoms with Gasteiger partial charge in [0.25, 0.3) is 0 Å². The van der Waals surface area contributed by atoms with Gasteiger partial charge in [0.05, 0.1) is 12.1 Å². The molecular weight excluding hydrogens is 256 g/mol. The quantitative estimate of drug-likeness (QED) is 0.844. The van der Waals surface area contributed by atoms with Gasteiger partial charge in [0.2, 0.25) is 0 Å². The zero-order chi connectivity index (χ0) is 13.3. The summed E-state index contributed by atoms with van der Waals surface area (Å²) < 4.78 is 5.81. The van der Waals surface area contributed by atoms with Crippen molar-refractivity contribution in [3.63, 3.8) is 0 Å². The minimum atomic E-state index is -0.00908. The van der Waals surface area contributed by atoms with Crippen LogP contribution in [0.2, 0.25) is 0 Å². The van der Waals surface area contributed by atoms with Crippen molar-refractivity contribution in [2.45, 2.75) is 63.5 Å². The topological polar surface area (TPSA) is 33.6 Å². The lowest BCUT2D eigenvalue weighted by Crippen LogP contribution is -2.47. The Morgan fingerprint density at radius 2 is 2.32 bits per heavy atom. The standard InChI is InChI=1S/C15H26N2OS/c1-12-5-3-7-15(9-12)11-19-13(17-15)16-10-14(2)6-4-8-18-14/h12H,3-11H2,1-2H3,(H,16,17). The minimum Gasteiger partial charge on any atom is -0.373 e. The first kappa shape index (κ1) is 13.7. The normalized spacial score (nSPS) is 44.9. The molecule has 1 N–H and O–H groups in total. The third-order valence-electron chi connectivity index (χ3n) is 4.81. The molecule has 2 heterocycles. The largest absolute Gasteiger partial charge is 0.373 e. The molecule has 3 unspecified atom stereocenters. The van der Waals surface area contributed by atoms with E-state index in [1.54, 1.807) is 0 Å². The first-order chi connectivity index (χ1) is 9.09. The van der Waals surface area contributed by atoms with Crippen LogP contribution in [0.4, 0.5) is 0 Å². The lowest BCUT2D eigenvalue weighted by Gasteiger charge is -2.36. The van der Waals surface area contributed by atoms with Gasteiger partial charge in [0.1, 0.15) is 0 Å². The van der Waals surface area contributed by atoms with Crippen molar-refractivity contribution in [1.82, 2.24) is 5.32 Å². The Kier molecular flexibility index (Phi) is 3.82. The predicted octanol–water partition coefficient (Wildman–Crippen LogP) is 3.20. The van der Waals surface area contributed by atoms with Crippen molar-refractivity contribution in [3.05, 3.63) is 0 Å². The molecule has 0 aromatic carbocycles. The minimum absolute atomic E-state index is 0.00908. The lowest BCUT2D eigenvalue weighted by atomic mass is 9.78. The molecule has 3 atom stereocenters. The van der Waals surface area contributed by atoms with Crippen LogP contribution in [-0.2, 0) is 4.74 Å². The highest BCUT2D eigenvalue weighted by Gasteiger charge is 2.40. The average Bonchev–Trinajstić information content (AvgIpc) is 2.95. The molecule has 0 bridgehead atoms. The fourth-order valence-corrected chi connectivity index (χ4v) is 4.89. The van der Waals surface area contributed by atoms with E-state index in [0.29, 0.717) is 5.54 Å². The molecule has 4 heteroatoms. The number of rotatable bonds is 2. The molecule has 3 fully saturated rings. The summed E-state index contributed by atoms with van der Waals surface area (Å²) in [5.41, 5.74) is 0.337. The van der Waals surface area contributed by atoms with Crippen molar-refractivity contribution >= 4 is 16.9 Å².